The van der Waals surface area contributed by atoms with Gasteiger partial charge in [-0.2, -0.15) is 0 Å². The predicted octanol–water partition coefficient (Wildman–Crippen LogP) is 2.14. The number of carbonyl (C=O) groups excluding carboxylic acids is 1. The van der Waals surface area contributed by atoms with Crippen molar-refractivity contribution in [2.24, 2.45) is 5.73 Å². The van der Waals surface area contributed by atoms with Gasteiger partial charge in [0.1, 0.15) is 5.76 Å². The molecule has 1 amide bonds. The van der Waals surface area contributed by atoms with Crippen molar-refractivity contribution in [3.63, 3.8) is 0 Å². The zero-order valence-electron chi connectivity index (χ0n) is 10.3. The molecule has 0 bridgehead atoms. The minimum Gasteiger partial charge on any atom is -0.494 e. The van der Waals surface area contributed by atoms with Gasteiger partial charge in [0.2, 0.25) is 0 Å². The molecule has 100 valence electrons. The molecule has 3 N–H and O–H groups in total. The lowest BCUT2D eigenvalue weighted by molar-refractivity contribution is 0.0995. The van der Waals surface area contributed by atoms with Gasteiger partial charge in [0.05, 0.1) is 13.7 Å². The van der Waals surface area contributed by atoms with Crippen LogP contribution in [-0.2, 0) is 6.54 Å². The van der Waals surface area contributed by atoms with Crippen LogP contribution in [0, 0.1) is 5.82 Å². The normalized spacial score (nSPS) is 10.3. The van der Waals surface area contributed by atoms with Crippen molar-refractivity contribution in [1.82, 2.24) is 0 Å². The third kappa shape index (κ3) is 2.92. The Labute approximate surface area is 109 Å². The zero-order valence-corrected chi connectivity index (χ0v) is 10.3. The van der Waals surface area contributed by atoms with Gasteiger partial charge in [-0.3, -0.25) is 4.79 Å². The summed E-state index contributed by atoms with van der Waals surface area (Å²) in [4.78, 5) is 11.8. The second kappa shape index (κ2) is 5.53. The maximum atomic E-state index is 13.2. The molecule has 0 aliphatic rings. The Balaban J connectivity index is 2.14. The monoisotopic (exact) mass is 264 g/mol. The second-order valence-corrected chi connectivity index (χ2v) is 3.77. The standard InChI is InChI=1S/C13H13FN2O3/c1-18-12-6-8(2-4-10(12)14)16-13(17)11-5-3-9(7-15)19-11/h2-6H,7,15H2,1H3,(H,16,17). The van der Waals surface area contributed by atoms with Gasteiger partial charge in [-0.05, 0) is 24.3 Å². The number of nitrogens with two attached hydrogens (primary N) is 1. The summed E-state index contributed by atoms with van der Waals surface area (Å²) in [5, 5.41) is 2.58. The van der Waals surface area contributed by atoms with E-state index >= 15 is 0 Å². The number of nitrogens with one attached hydrogen (secondary N) is 1. The van der Waals surface area contributed by atoms with E-state index < -0.39 is 11.7 Å². The largest absolute Gasteiger partial charge is 0.494 e. The molecule has 1 aromatic carbocycles. The first-order valence-electron chi connectivity index (χ1n) is 5.57. The minimum atomic E-state index is -0.496. The average Bonchev–Trinajstić information content (AvgIpc) is 2.90. The summed E-state index contributed by atoms with van der Waals surface area (Å²) in [6.45, 7) is 0.220. The molecule has 6 heteroatoms. The summed E-state index contributed by atoms with van der Waals surface area (Å²) >= 11 is 0. The molecule has 0 saturated carbocycles. The van der Waals surface area contributed by atoms with E-state index in [2.05, 4.69) is 5.32 Å². The van der Waals surface area contributed by atoms with Crippen molar-refractivity contribution in [2.45, 2.75) is 6.54 Å². The molecule has 1 heterocycles. The van der Waals surface area contributed by atoms with Crippen LogP contribution in [0.15, 0.2) is 34.7 Å². The molecule has 0 saturated heterocycles. The highest BCUT2D eigenvalue weighted by atomic mass is 19.1. The summed E-state index contributed by atoms with van der Waals surface area (Å²) in [5.74, 6) is -0.220. The van der Waals surface area contributed by atoms with Crippen LogP contribution in [0.5, 0.6) is 5.75 Å². The molecule has 19 heavy (non-hydrogen) atoms. The molecule has 0 unspecified atom stereocenters. The Hall–Kier alpha value is -2.34. The summed E-state index contributed by atoms with van der Waals surface area (Å²) in [7, 11) is 1.35. The molecule has 2 aromatic rings. The third-order valence-electron chi connectivity index (χ3n) is 2.50. The van der Waals surface area contributed by atoms with E-state index in [4.69, 9.17) is 14.9 Å². The van der Waals surface area contributed by atoms with Crippen LogP contribution >= 0.6 is 0 Å². The first-order chi connectivity index (χ1) is 9.13. The number of hydrogen-bond acceptors (Lipinski definition) is 4. The van der Waals surface area contributed by atoms with E-state index in [-0.39, 0.29) is 18.1 Å². The fourth-order valence-corrected chi connectivity index (χ4v) is 1.54. The van der Waals surface area contributed by atoms with Gasteiger partial charge in [0.15, 0.2) is 17.3 Å². The van der Waals surface area contributed by atoms with Crippen molar-refractivity contribution >= 4 is 11.6 Å². The molecule has 0 aliphatic heterocycles. The molecular formula is C13H13FN2O3. The van der Waals surface area contributed by atoms with Crippen LogP contribution in [0.1, 0.15) is 16.3 Å². The van der Waals surface area contributed by atoms with Crippen LogP contribution in [-0.4, -0.2) is 13.0 Å². The molecule has 5 nitrogen and oxygen atoms in total. The number of ether oxygens (including phenoxy) is 1. The SMILES string of the molecule is COc1cc(NC(=O)c2ccc(CN)o2)ccc1F. The van der Waals surface area contributed by atoms with Gasteiger partial charge in [-0.25, -0.2) is 4.39 Å². The highest BCUT2D eigenvalue weighted by Crippen LogP contribution is 2.22. The molecular weight excluding hydrogens is 251 g/mol. The van der Waals surface area contributed by atoms with Crippen molar-refractivity contribution in [1.29, 1.82) is 0 Å². The fraction of sp³-hybridized carbons (Fsp3) is 0.154. The summed E-state index contributed by atoms with van der Waals surface area (Å²) in [5.41, 5.74) is 5.80. The maximum absolute atomic E-state index is 13.2. The summed E-state index contributed by atoms with van der Waals surface area (Å²) in [6.07, 6.45) is 0. The first kappa shape index (κ1) is 13.1. The fourth-order valence-electron chi connectivity index (χ4n) is 1.54. The van der Waals surface area contributed by atoms with E-state index in [0.29, 0.717) is 11.4 Å². The number of amides is 1. The molecule has 0 fully saturated rings. The number of anilines is 1. The van der Waals surface area contributed by atoms with E-state index in [1.165, 1.54) is 31.4 Å². The van der Waals surface area contributed by atoms with E-state index in [9.17, 15) is 9.18 Å². The second-order valence-electron chi connectivity index (χ2n) is 3.77. The number of furan rings is 1. The van der Waals surface area contributed by atoms with Crippen LogP contribution in [0.25, 0.3) is 0 Å². The topological polar surface area (TPSA) is 77.5 Å². The van der Waals surface area contributed by atoms with Gasteiger partial charge in [0, 0.05) is 11.8 Å². The molecule has 0 aliphatic carbocycles. The Morgan fingerprint density at radius 2 is 2.21 bits per heavy atom. The minimum absolute atomic E-state index is 0.0555. The summed E-state index contributed by atoms with van der Waals surface area (Å²) < 4.78 is 23.2. The smallest absolute Gasteiger partial charge is 0.291 e. The van der Waals surface area contributed by atoms with Gasteiger partial charge < -0.3 is 20.2 Å². The van der Waals surface area contributed by atoms with Crippen LogP contribution < -0.4 is 15.8 Å². The number of halogens is 1. The highest BCUT2D eigenvalue weighted by Gasteiger charge is 2.12. The lowest BCUT2D eigenvalue weighted by Gasteiger charge is -2.06. The van der Waals surface area contributed by atoms with Gasteiger partial charge in [0.25, 0.3) is 5.91 Å². The van der Waals surface area contributed by atoms with E-state index in [1.807, 2.05) is 0 Å². The molecule has 2 rings (SSSR count). The van der Waals surface area contributed by atoms with Crippen molar-refractivity contribution in [3.05, 3.63) is 47.7 Å². The Kier molecular flexibility index (Phi) is 3.82. The van der Waals surface area contributed by atoms with Gasteiger partial charge >= 0.3 is 0 Å². The number of benzene rings is 1. The Morgan fingerprint density at radius 3 is 2.84 bits per heavy atom. The van der Waals surface area contributed by atoms with Crippen LogP contribution in [0.4, 0.5) is 10.1 Å². The first-order valence-corrected chi connectivity index (χ1v) is 5.57. The molecule has 0 radical (unpaired) electrons. The lowest BCUT2D eigenvalue weighted by atomic mass is 10.2. The predicted molar refractivity (Wildman–Crippen MR) is 67.5 cm³/mol. The quantitative estimate of drug-likeness (QED) is 0.886. The number of hydrogen-bond donors (Lipinski definition) is 2. The average molecular weight is 264 g/mol. The van der Waals surface area contributed by atoms with Crippen molar-refractivity contribution in [3.8, 4) is 5.75 Å². The number of methoxy groups -OCH3 is 1. The number of carbonyl (C=O) groups is 1. The Bertz CT molecular complexity index is 595. The zero-order chi connectivity index (χ0) is 13.8. The maximum Gasteiger partial charge on any atom is 0.291 e. The lowest BCUT2D eigenvalue weighted by Crippen LogP contribution is -2.11. The molecule has 0 atom stereocenters. The third-order valence-corrected chi connectivity index (χ3v) is 2.50. The van der Waals surface area contributed by atoms with E-state index in [0.717, 1.165) is 0 Å². The molecule has 1 aromatic heterocycles. The van der Waals surface area contributed by atoms with Gasteiger partial charge in [-0.1, -0.05) is 0 Å². The van der Waals surface area contributed by atoms with Crippen molar-refractivity contribution in [2.75, 3.05) is 12.4 Å². The van der Waals surface area contributed by atoms with Crippen LogP contribution in [0.3, 0.4) is 0 Å². The number of rotatable bonds is 4. The van der Waals surface area contributed by atoms with Crippen molar-refractivity contribution < 1.29 is 18.3 Å². The van der Waals surface area contributed by atoms with E-state index in [1.54, 1.807) is 6.07 Å². The molecule has 0 spiro atoms. The summed E-state index contributed by atoms with van der Waals surface area (Å²) in [6, 6.07) is 7.18. The highest BCUT2D eigenvalue weighted by molar-refractivity contribution is 6.02. The van der Waals surface area contributed by atoms with Crippen LogP contribution in [0.2, 0.25) is 0 Å². The Morgan fingerprint density at radius 1 is 1.42 bits per heavy atom. The van der Waals surface area contributed by atoms with Gasteiger partial charge in [-0.15, -0.1) is 0 Å².